The lowest BCUT2D eigenvalue weighted by atomic mass is 10.1. The number of hydrogen-bond donors (Lipinski definition) is 1. The fraction of sp³-hybridized carbons (Fsp3) is 0.500. The minimum atomic E-state index is -0.188. The highest BCUT2D eigenvalue weighted by Crippen LogP contribution is 2.18. The van der Waals surface area contributed by atoms with Crippen LogP contribution in [0.15, 0.2) is 11.4 Å². The maximum Gasteiger partial charge on any atom is 0.264 e. The Balaban J connectivity index is 2.80. The molecular weight excluding hydrogens is 246 g/mol. The van der Waals surface area contributed by atoms with E-state index in [2.05, 4.69) is 25.7 Å². The third-order valence-corrected chi connectivity index (χ3v) is 3.69. The van der Waals surface area contributed by atoms with Crippen LogP contribution >= 0.6 is 11.3 Å². The zero-order valence-corrected chi connectivity index (χ0v) is 11.9. The number of thiophene rings is 1. The summed E-state index contributed by atoms with van der Waals surface area (Å²) in [5, 5.41) is 10.5. The number of aliphatic hydroxyl groups excluding tert-OH is 1. The summed E-state index contributed by atoms with van der Waals surface area (Å²) in [6, 6.07) is 1.82. The predicted molar refractivity (Wildman–Crippen MR) is 74.7 cm³/mol. The van der Waals surface area contributed by atoms with Crippen LogP contribution in [0.1, 0.15) is 35.5 Å². The number of rotatable bonds is 4. The van der Waals surface area contributed by atoms with E-state index in [-0.39, 0.29) is 12.5 Å². The molecule has 1 N–H and O–H groups in total. The van der Waals surface area contributed by atoms with Gasteiger partial charge in [0.2, 0.25) is 0 Å². The monoisotopic (exact) mass is 265 g/mol. The molecule has 0 aliphatic rings. The second-order valence-corrected chi connectivity index (χ2v) is 5.24. The molecule has 4 heteroatoms. The number of hydrogen-bond acceptors (Lipinski definition) is 3. The lowest BCUT2D eigenvalue weighted by Crippen LogP contribution is -2.30. The summed E-state index contributed by atoms with van der Waals surface area (Å²) < 4.78 is 0. The number of carbonyl (C=O) groups is 1. The van der Waals surface area contributed by atoms with Crippen molar-refractivity contribution in [2.45, 2.75) is 20.3 Å². The van der Waals surface area contributed by atoms with Gasteiger partial charge in [0, 0.05) is 19.2 Å². The average Bonchev–Trinajstić information content (AvgIpc) is 2.83. The van der Waals surface area contributed by atoms with Crippen LogP contribution in [-0.4, -0.2) is 36.1 Å². The molecule has 0 fully saturated rings. The van der Waals surface area contributed by atoms with Crippen LogP contribution in [0.3, 0.4) is 0 Å². The molecule has 3 nitrogen and oxygen atoms in total. The Labute approximate surface area is 112 Å². The predicted octanol–water partition coefficient (Wildman–Crippen LogP) is 2.21. The van der Waals surface area contributed by atoms with Crippen molar-refractivity contribution >= 4 is 17.2 Å². The van der Waals surface area contributed by atoms with Gasteiger partial charge in [-0.15, -0.1) is 11.3 Å². The van der Waals surface area contributed by atoms with Crippen LogP contribution < -0.4 is 0 Å². The molecule has 0 aliphatic heterocycles. The van der Waals surface area contributed by atoms with E-state index in [4.69, 9.17) is 5.11 Å². The van der Waals surface area contributed by atoms with Gasteiger partial charge in [0.1, 0.15) is 11.5 Å². The van der Waals surface area contributed by atoms with E-state index in [1.807, 2.05) is 18.5 Å². The number of carbonyl (C=O) groups excluding carboxylic acids is 1. The summed E-state index contributed by atoms with van der Waals surface area (Å²) in [6.45, 7) is 4.81. The van der Waals surface area contributed by atoms with Crippen LogP contribution in [0.25, 0.3) is 0 Å². The number of amides is 1. The van der Waals surface area contributed by atoms with Crippen molar-refractivity contribution in [1.29, 1.82) is 0 Å². The van der Waals surface area contributed by atoms with Crippen molar-refractivity contribution in [3.05, 3.63) is 21.9 Å². The van der Waals surface area contributed by atoms with Crippen molar-refractivity contribution < 1.29 is 9.90 Å². The molecule has 1 atom stereocenters. The normalized spacial score (nSPS) is 11.6. The molecule has 0 bridgehead atoms. The second kappa shape index (κ2) is 7.20. The van der Waals surface area contributed by atoms with E-state index in [0.29, 0.717) is 16.4 Å². The van der Waals surface area contributed by atoms with Gasteiger partial charge >= 0.3 is 0 Å². The maximum atomic E-state index is 12.2. The average molecular weight is 265 g/mol. The van der Waals surface area contributed by atoms with Crippen LogP contribution in [0, 0.1) is 17.8 Å². The quantitative estimate of drug-likeness (QED) is 0.848. The van der Waals surface area contributed by atoms with E-state index in [0.717, 1.165) is 13.0 Å². The van der Waals surface area contributed by atoms with Crippen molar-refractivity contribution in [3.63, 3.8) is 0 Å². The van der Waals surface area contributed by atoms with Gasteiger partial charge in [0.25, 0.3) is 5.91 Å². The minimum Gasteiger partial charge on any atom is -0.384 e. The Hall–Kier alpha value is -1.31. The van der Waals surface area contributed by atoms with Gasteiger partial charge in [-0.1, -0.05) is 32.1 Å². The van der Waals surface area contributed by atoms with Crippen molar-refractivity contribution in [2.75, 3.05) is 20.2 Å². The molecule has 1 unspecified atom stereocenters. The topological polar surface area (TPSA) is 40.5 Å². The van der Waals surface area contributed by atoms with Gasteiger partial charge < -0.3 is 10.0 Å². The summed E-state index contributed by atoms with van der Waals surface area (Å²) in [5.41, 5.74) is 0.704. The van der Waals surface area contributed by atoms with E-state index in [9.17, 15) is 4.79 Å². The lowest BCUT2D eigenvalue weighted by Gasteiger charge is -2.20. The fourth-order valence-corrected chi connectivity index (χ4v) is 2.40. The van der Waals surface area contributed by atoms with E-state index >= 15 is 0 Å². The third kappa shape index (κ3) is 3.86. The molecule has 1 amide bonds. The Morgan fingerprint density at radius 3 is 2.94 bits per heavy atom. The van der Waals surface area contributed by atoms with E-state index < -0.39 is 0 Å². The van der Waals surface area contributed by atoms with Crippen LogP contribution in [0.4, 0.5) is 0 Å². The Morgan fingerprint density at radius 2 is 2.33 bits per heavy atom. The lowest BCUT2D eigenvalue weighted by molar-refractivity contribution is 0.0779. The smallest absolute Gasteiger partial charge is 0.264 e. The van der Waals surface area contributed by atoms with Gasteiger partial charge in [0.15, 0.2) is 0 Å². The first-order chi connectivity index (χ1) is 8.60. The van der Waals surface area contributed by atoms with Crippen LogP contribution in [0.5, 0.6) is 0 Å². The zero-order chi connectivity index (χ0) is 13.5. The van der Waals surface area contributed by atoms with Gasteiger partial charge in [-0.25, -0.2) is 0 Å². The first-order valence-corrected chi connectivity index (χ1v) is 6.90. The summed E-state index contributed by atoms with van der Waals surface area (Å²) in [6.07, 6.45) is 1.05. The van der Waals surface area contributed by atoms with Crippen LogP contribution in [0.2, 0.25) is 0 Å². The molecule has 1 aromatic rings. The van der Waals surface area contributed by atoms with E-state index in [1.54, 1.807) is 4.90 Å². The second-order valence-electron chi connectivity index (χ2n) is 4.32. The van der Waals surface area contributed by atoms with Crippen molar-refractivity contribution in [1.82, 2.24) is 4.90 Å². The third-order valence-electron chi connectivity index (χ3n) is 2.79. The maximum absolute atomic E-state index is 12.2. The summed E-state index contributed by atoms with van der Waals surface area (Å²) in [4.78, 5) is 14.6. The summed E-state index contributed by atoms with van der Waals surface area (Å²) in [5.74, 6) is 5.89. The highest BCUT2D eigenvalue weighted by atomic mass is 32.1. The minimum absolute atomic E-state index is 0.00698. The summed E-state index contributed by atoms with van der Waals surface area (Å²) in [7, 11) is 1.82. The molecule has 18 heavy (non-hydrogen) atoms. The first kappa shape index (κ1) is 14.7. The molecule has 0 aromatic carbocycles. The number of aliphatic hydroxyl groups is 1. The van der Waals surface area contributed by atoms with Gasteiger partial charge in [-0.2, -0.15) is 0 Å². The molecule has 0 spiro atoms. The zero-order valence-electron chi connectivity index (χ0n) is 11.1. The highest BCUT2D eigenvalue weighted by molar-refractivity contribution is 7.12. The molecule has 0 radical (unpaired) electrons. The van der Waals surface area contributed by atoms with Crippen molar-refractivity contribution in [2.24, 2.45) is 5.92 Å². The van der Waals surface area contributed by atoms with Gasteiger partial charge in [0.05, 0.1) is 0 Å². The Bertz CT molecular complexity index is 456. The molecule has 1 aromatic heterocycles. The molecule has 0 aliphatic carbocycles. The Kier molecular flexibility index (Phi) is 5.90. The standard InChI is InChI=1S/C14H19NO2S/c1-4-11(2)10-15(3)14(17)13-12(6-5-8-16)7-9-18-13/h7,9,11,16H,4,8,10H2,1-3H3. The first-order valence-electron chi connectivity index (χ1n) is 6.02. The molecule has 98 valence electrons. The molecule has 0 saturated heterocycles. The number of nitrogens with zero attached hydrogens (tertiary/aromatic N) is 1. The molecule has 0 saturated carbocycles. The molecule has 1 rings (SSSR count). The van der Waals surface area contributed by atoms with Gasteiger partial charge in [-0.05, 0) is 17.4 Å². The summed E-state index contributed by atoms with van der Waals surface area (Å²) >= 11 is 1.40. The fourth-order valence-electron chi connectivity index (χ4n) is 1.56. The highest BCUT2D eigenvalue weighted by Gasteiger charge is 2.17. The molecule has 1 heterocycles. The largest absolute Gasteiger partial charge is 0.384 e. The Morgan fingerprint density at radius 1 is 1.61 bits per heavy atom. The van der Waals surface area contributed by atoms with Crippen molar-refractivity contribution in [3.8, 4) is 11.8 Å². The molecular formula is C14H19NO2S. The van der Waals surface area contributed by atoms with Crippen LogP contribution in [-0.2, 0) is 0 Å². The SMILES string of the molecule is CCC(C)CN(C)C(=O)c1sccc1C#CCO. The van der Waals surface area contributed by atoms with Gasteiger partial charge in [-0.3, -0.25) is 4.79 Å². The van der Waals surface area contributed by atoms with E-state index in [1.165, 1.54) is 11.3 Å².